The van der Waals surface area contributed by atoms with Gasteiger partial charge in [-0.15, -0.1) is 0 Å². The molecule has 4 rings (SSSR count). The van der Waals surface area contributed by atoms with Crippen LogP contribution in [-0.4, -0.2) is 41.8 Å². The van der Waals surface area contributed by atoms with E-state index >= 15 is 0 Å². The van der Waals surface area contributed by atoms with E-state index in [0.717, 1.165) is 6.07 Å². The van der Waals surface area contributed by atoms with E-state index in [1.165, 1.54) is 55.1 Å². The summed E-state index contributed by atoms with van der Waals surface area (Å²) in [5.41, 5.74) is 3.23. The topological polar surface area (TPSA) is 115 Å². The maximum Gasteiger partial charge on any atom is 0.417 e. The second-order valence-corrected chi connectivity index (χ2v) is 8.76. The lowest BCUT2D eigenvalue weighted by molar-refractivity contribution is -0.151. The number of halogens is 3. The van der Waals surface area contributed by atoms with E-state index in [0.29, 0.717) is 11.1 Å². The van der Waals surface area contributed by atoms with Crippen molar-refractivity contribution in [1.82, 2.24) is 4.98 Å². The molecule has 1 saturated heterocycles. The van der Waals surface area contributed by atoms with Gasteiger partial charge in [0, 0.05) is 22.3 Å². The molecular formula is C24H22F3N3O5. The van der Waals surface area contributed by atoms with Gasteiger partial charge in [-0.05, 0) is 43.5 Å². The molecule has 3 aromatic rings. The van der Waals surface area contributed by atoms with Crippen molar-refractivity contribution in [2.24, 2.45) is 5.73 Å². The van der Waals surface area contributed by atoms with Crippen molar-refractivity contribution >= 4 is 28.5 Å². The number of carbonyl (C=O) groups is 2. The molecule has 0 saturated carbocycles. The molecule has 0 radical (unpaired) electrons. The van der Waals surface area contributed by atoms with Crippen LogP contribution in [0.25, 0.3) is 22.0 Å². The standard InChI is InChI=1S/C24H22F3N3O5/c1-23(2,28)21(32)34-12-15-11-30(22(33)35-15)14-8-7-13-9-19(29-20(31)17(13)10-14)16-5-3-4-6-18(16)24(25,26)27/h3-10,15H,11-12,28H2,1-2H3,(H,29,31)/t15-/m1/s1. The number of aromatic amines is 1. The van der Waals surface area contributed by atoms with Gasteiger partial charge in [0.05, 0.1) is 12.1 Å². The summed E-state index contributed by atoms with van der Waals surface area (Å²) in [5, 5.41) is 0.580. The van der Waals surface area contributed by atoms with Crippen LogP contribution in [0.4, 0.5) is 23.7 Å². The lowest BCUT2D eigenvalue weighted by Gasteiger charge is -2.18. The fourth-order valence-corrected chi connectivity index (χ4v) is 3.70. The van der Waals surface area contributed by atoms with Crippen LogP contribution in [0.1, 0.15) is 19.4 Å². The van der Waals surface area contributed by atoms with Gasteiger partial charge in [-0.1, -0.05) is 24.3 Å². The molecular weight excluding hydrogens is 467 g/mol. The number of amides is 1. The van der Waals surface area contributed by atoms with E-state index in [4.69, 9.17) is 15.2 Å². The van der Waals surface area contributed by atoms with Crippen LogP contribution in [0.2, 0.25) is 0 Å². The van der Waals surface area contributed by atoms with Crippen molar-refractivity contribution in [3.63, 3.8) is 0 Å². The predicted octanol–water partition coefficient (Wildman–Crippen LogP) is 3.82. The van der Waals surface area contributed by atoms with E-state index in [1.54, 1.807) is 6.07 Å². The minimum absolute atomic E-state index is 0.0217. The molecule has 1 aliphatic heterocycles. The molecule has 11 heteroatoms. The molecule has 2 heterocycles. The molecule has 2 aromatic carbocycles. The molecule has 0 bridgehead atoms. The number of hydrogen-bond donors (Lipinski definition) is 2. The van der Waals surface area contributed by atoms with Crippen molar-refractivity contribution < 1.29 is 32.2 Å². The van der Waals surface area contributed by atoms with Crippen LogP contribution in [0, 0.1) is 0 Å². The van der Waals surface area contributed by atoms with Crippen molar-refractivity contribution in [1.29, 1.82) is 0 Å². The number of H-pyrrole nitrogens is 1. The fourth-order valence-electron chi connectivity index (χ4n) is 3.70. The summed E-state index contributed by atoms with van der Waals surface area (Å²) in [4.78, 5) is 40.8. The van der Waals surface area contributed by atoms with Crippen molar-refractivity contribution in [3.8, 4) is 11.3 Å². The highest BCUT2D eigenvalue weighted by Gasteiger charge is 2.35. The first-order valence-electron chi connectivity index (χ1n) is 10.6. The van der Waals surface area contributed by atoms with Crippen molar-refractivity contribution in [2.45, 2.75) is 31.7 Å². The normalized spacial score (nSPS) is 16.5. The first-order chi connectivity index (χ1) is 16.3. The number of carbonyl (C=O) groups excluding carboxylic acids is 2. The number of cyclic esters (lactones) is 1. The smallest absolute Gasteiger partial charge is 0.417 e. The zero-order valence-corrected chi connectivity index (χ0v) is 18.8. The summed E-state index contributed by atoms with van der Waals surface area (Å²) in [6.07, 6.45) is -6.01. The highest BCUT2D eigenvalue weighted by Crippen LogP contribution is 2.36. The molecule has 1 fully saturated rings. The molecule has 0 spiro atoms. The van der Waals surface area contributed by atoms with Gasteiger partial charge >= 0.3 is 18.2 Å². The molecule has 1 aromatic heterocycles. The number of aromatic nitrogens is 1. The van der Waals surface area contributed by atoms with Gasteiger partial charge in [0.25, 0.3) is 5.56 Å². The molecule has 35 heavy (non-hydrogen) atoms. The number of esters is 1. The van der Waals surface area contributed by atoms with E-state index in [-0.39, 0.29) is 29.8 Å². The number of nitrogens with two attached hydrogens (primary N) is 1. The number of rotatable bonds is 5. The number of anilines is 1. The molecule has 1 aliphatic rings. The van der Waals surface area contributed by atoms with Crippen LogP contribution in [0.15, 0.2) is 53.3 Å². The number of nitrogens with zero attached hydrogens (tertiary/aromatic N) is 1. The SMILES string of the molecule is CC(C)(N)C(=O)OC[C@H]1CN(c2ccc3cc(-c4ccccc4C(F)(F)F)[nH]c(=O)c3c2)C(=O)O1. The quantitative estimate of drug-likeness (QED) is 0.527. The Morgan fingerprint density at radius 3 is 2.57 bits per heavy atom. The third-order valence-corrected chi connectivity index (χ3v) is 5.46. The Kier molecular flexibility index (Phi) is 6.05. The van der Waals surface area contributed by atoms with E-state index in [2.05, 4.69) is 4.98 Å². The van der Waals surface area contributed by atoms with Gasteiger partial charge in [0.2, 0.25) is 0 Å². The highest BCUT2D eigenvalue weighted by molar-refractivity contribution is 5.95. The Morgan fingerprint density at radius 2 is 1.89 bits per heavy atom. The zero-order valence-electron chi connectivity index (χ0n) is 18.8. The monoisotopic (exact) mass is 489 g/mol. The van der Waals surface area contributed by atoms with Gasteiger partial charge in [-0.2, -0.15) is 13.2 Å². The Bertz CT molecular complexity index is 1360. The third-order valence-electron chi connectivity index (χ3n) is 5.46. The van der Waals surface area contributed by atoms with Gasteiger partial charge in [0.15, 0.2) is 6.10 Å². The van der Waals surface area contributed by atoms with E-state index < -0.39 is 41.0 Å². The highest BCUT2D eigenvalue weighted by atomic mass is 19.4. The van der Waals surface area contributed by atoms with E-state index in [1.807, 2.05) is 0 Å². The largest absolute Gasteiger partial charge is 0.460 e. The molecule has 8 nitrogen and oxygen atoms in total. The van der Waals surface area contributed by atoms with Crippen molar-refractivity contribution in [3.05, 3.63) is 64.4 Å². The Hall–Kier alpha value is -3.86. The van der Waals surface area contributed by atoms with Gasteiger partial charge in [-0.3, -0.25) is 14.5 Å². The van der Waals surface area contributed by atoms with Crippen LogP contribution in [-0.2, 0) is 20.4 Å². The molecule has 3 N–H and O–H groups in total. The first-order valence-corrected chi connectivity index (χ1v) is 10.6. The van der Waals surface area contributed by atoms with Crippen LogP contribution < -0.4 is 16.2 Å². The summed E-state index contributed by atoms with van der Waals surface area (Å²) in [7, 11) is 0. The molecule has 0 aliphatic carbocycles. The summed E-state index contributed by atoms with van der Waals surface area (Å²) >= 11 is 0. The summed E-state index contributed by atoms with van der Waals surface area (Å²) in [5.74, 6) is -0.646. The molecule has 184 valence electrons. The van der Waals surface area contributed by atoms with E-state index in [9.17, 15) is 27.6 Å². The molecule has 0 unspecified atom stereocenters. The van der Waals surface area contributed by atoms with Gasteiger partial charge in [-0.25, -0.2) is 4.79 Å². The number of ether oxygens (including phenoxy) is 2. The Balaban J connectivity index is 1.60. The average Bonchev–Trinajstić information content (AvgIpc) is 3.16. The number of nitrogens with one attached hydrogen (secondary N) is 1. The van der Waals surface area contributed by atoms with Crippen LogP contribution >= 0.6 is 0 Å². The number of pyridine rings is 1. The second-order valence-electron chi connectivity index (χ2n) is 8.76. The van der Waals surface area contributed by atoms with Crippen molar-refractivity contribution in [2.75, 3.05) is 18.1 Å². The van der Waals surface area contributed by atoms with Crippen LogP contribution in [0.5, 0.6) is 0 Å². The van der Waals surface area contributed by atoms with Gasteiger partial charge in [0.1, 0.15) is 12.1 Å². The summed E-state index contributed by atoms with van der Waals surface area (Å²) in [6, 6.07) is 11.0. The first kappa shape index (κ1) is 24.3. The minimum Gasteiger partial charge on any atom is -0.460 e. The number of fused-ring (bicyclic) bond motifs is 1. The third kappa shape index (κ3) is 4.99. The second kappa shape index (κ2) is 8.73. The Labute approximate surface area is 197 Å². The summed E-state index contributed by atoms with van der Waals surface area (Å²) < 4.78 is 50.6. The number of alkyl halides is 3. The maximum atomic E-state index is 13.4. The lowest BCUT2D eigenvalue weighted by atomic mass is 10.0. The number of hydrogen-bond acceptors (Lipinski definition) is 6. The minimum atomic E-state index is -4.59. The Morgan fingerprint density at radius 1 is 1.17 bits per heavy atom. The fraction of sp³-hybridized carbons (Fsp3) is 0.292. The number of benzene rings is 2. The lowest BCUT2D eigenvalue weighted by Crippen LogP contribution is -2.44. The average molecular weight is 489 g/mol. The molecule has 1 amide bonds. The molecule has 1 atom stereocenters. The summed E-state index contributed by atoms with van der Waals surface area (Å²) in [6.45, 7) is 2.86. The zero-order chi connectivity index (χ0) is 25.5. The predicted molar refractivity (Wildman–Crippen MR) is 122 cm³/mol. The van der Waals surface area contributed by atoms with Gasteiger partial charge < -0.3 is 20.2 Å². The van der Waals surface area contributed by atoms with Crippen LogP contribution in [0.3, 0.4) is 0 Å². The maximum absolute atomic E-state index is 13.4.